The van der Waals surface area contributed by atoms with Gasteiger partial charge in [-0.3, -0.25) is 4.79 Å². The van der Waals surface area contributed by atoms with Crippen molar-refractivity contribution in [3.05, 3.63) is 65.4 Å². The van der Waals surface area contributed by atoms with Crippen LogP contribution in [0.1, 0.15) is 21.6 Å². The van der Waals surface area contributed by atoms with Crippen LogP contribution in [0.15, 0.2) is 48.5 Å². The van der Waals surface area contributed by atoms with Gasteiger partial charge in [0.1, 0.15) is 5.75 Å². The first-order valence-electron chi connectivity index (χ1n) is 8.17. The normalized spacial score (nSPS) is 13.8. The van der Waals surface area contributed by atoms with E-state index in [0.717, 1.165) is 13.0 Å². The lowest BCUT2D eigenvalue weighted by Crippen LogP contribution is -2.36. The fourth-order valence-corrected chi connectivity index (χ4v) is 3.64. The molecule has 122 valence electrons. The zero-order valence-electron chi connectivity index (χ0n) is 14.0. The van der Waals surface area contributed by atoms with E-state index in [1.165, 1.54) is 22.2 Å². The lowest BCUT2D eigenvalue weighted by Gasteiger charge is -2.28. The lowest BCUT2D eigenvalue weighted by atomic mass is 10.0. The van der Waals surface area contributed by atoms with E-state index in [-0.39, 0.29) is 5.91 Å². The van der Waals surface area contributed by atoms with Crippen molar-refractivity contribution in [2.24, 2.45) is 7.05 Å². The number of aryl methyl sites for hydroxylation is 1. The van der Waals surface area contributed by atoms with Gasteiger partial charge in [0.05, 0.1) is 7.11 Å². The summed E-state index contributed by atoms with van der Waals surface area (Å²) in [5, 5.41) is 1.25. The van der Waals surface area contributed by atoms with Crippen LogP contribution in [0.2, 0.25) is 0 Å². The van der Waals surface area contributed by atoms with E-state index in [4.69, 9.17) is 4.74 Å². The molecule has 24 heavy (non-hydrogen) atoms. The molecule has 0 saturated carbocycles. The van der Waals surface area contributed by atoms with Gasteiger partial charge in [0, 0.05) is 54.3 Å². The lowest BCUT2D eigenvalue weighted by molar-refractivity contribution is 0.0734. The number of aromatic nitrogens is 1. The molecule has 4 nitrogen and oxygen atoms in total. The predicted octanol–water partition coefficient (Wildman–Crippen LogP) is 3.39. The second-order valence-corrected chi connectivity index (χ2v) is 6.21. The van der Waals surface area contributed by atoms with Crippen LogP contribution in [0.4, 0.5) is 0 Å². The van der Waals surface area contributed by atoms with Crippen LogP contribution in [0.3, 0.4) is 0 Å². The number of para-hydroxylation sites is 1. The molecule has 2 aromatic carbocycles. The van der Waals surface area contributed by atoms with Crippen molar-refractivity contribution in [2.75, 3.05) is 13.7 Å². The summed E-state index contributed by atoms with van der Waals surface area (Å²) >= 11 is 0. The Morgan fingerprint density at radius 3 is 2.79 bits per heavy atom. The minimum absolute atomic E-state index is 0.0625. The van der Waals surface area contributed by atoms with Crippen molar-refractivity contribution in [3.63, 3.8) is 0 Å². The second-order valence-electron chi connectivity index (χ2n) is 6.21. The van der Waals surface area contributed by atoms with Crippen molar-refractivity contribution < 1.29 is 9.53 Å². The highest BCUT2D eigenvalue weighted by molar-refractivity contribution is 5.95. The maximum absolute atomic E-state index is 12.9. The molecule has 1 aliphatic heterocycles. The third-order valence-electron chi connectivity index (χ3n) is 4.92. The minimum atomic E-state index is 0.0625. The van der Waals surface area contributed by atoms with Gasteiger partial charge in [0.15, 0.2) is 0 Å². The number of carbonyl (C=O) groups is 1. The first-order valence-corrected chi connectivity index (χ1v) is 8.17. The number of ether oxygens (including phenoxy) is 1. The molecule has 0 bridgehead atoms. The van der Waals surface area contributed by atoms with Crippen molar-refractivity contribution >= 4 is 16.8 Å². The fourth-order valence-electron chi connectivity index (χ4n) is 3.64. The van der Waals surface area contributed by atoms with Crippen LogP contribution in [0.25, 0.3) is 10.9 Å². The van der Waals surface area contributed by atoms with E-state index in [1.807, 2.05) is 23.1 Å². The Labute approximate surface area is 141 Å². The van der Waals surface area contributed by atoms with Crippen LogP contribution < -0.4 is 4.74 Å². The Kier molecular flexibility index (Phi) is 3.53. The Bertz CT molecular complexity index is 927. The smallest absolute Gasteiger partial charge is 0.254 e. The summed E-state index contributed by atoms with van der Waals surface area (Å²) < 4.78 is 7.50. The van der Waals surface area contributed by atoms with E-state index < -0.39 is 0 Å². The third-order valence-corrected chi connectivity index (χ3v) is 4.92. The average Bonchev–Trinajstić information content (AvgIpc) is 2.93. The van der Waals surface area contributed by atoms with E-state index in [9.17, 15) is 4.79 Å². The van der Waals surface area contributed by atoms with Crippen LogP contribution in [-0.2, 0) is 20.0 Å². The van der Waals surface area contributed by atoms with E-state index in [0.29, 0.717) is 17.9 Å². The molecular formula is C20H20N2O2. The Morgan fingerprint density at radius 1 is 1.12 bits per heavy atom. The quantitative estimate of drug-likeness (QED) is 0.725. The molecule has 1 aliphatic rings. The molecule has 0 fully saturated rings. The van der Waals surface area contributed by atoms with Crippen LogP contribution in [-0.4, -0.2) is 29.0 Å². The van der Waals surface area contributed by atoms with Crippen LogP contribution in [0.5, 0.6) is 5.75 Å². The van der Waals surface area contributed by atoms with Crippen LogP contribution >= 0.6 is 0 Å². The molecular weight excluding hydrogens is 300 g/mol. The number of rotatable bonds is 2. The summed E-state index contributed by atoms with van der Waals surface area (Å²) in [6.07, 6.45) is 0.885. The summed E-state index contributed by atoms with van der Waals surface area (Å²) in [6.45, 7) is 1.40. The second kappa shape index (κ2) is 5.71. The molecule has 3 aromatic rings. The standard InChI is InChI=1S/C20H20N2O2/c1-21-18-9-4-3-8-16(18)17-13-22(11-10-19(17)21)20(23)14-6-5-7-15(12-14)24-2/h3-9,12H,10-11,13H2,1-2H3. The number of hydrogen-bond acceptors (Lipinski definition) is 2. The topological polar surface area (TPSA) is 34.5 Å². The summed E-state index contributed by atoms with van der Waals surface area (Å²) in [5.41, 5.74) is 4.53. The summed E-state index contributed by atoms with van der Waals surface area (Å²) in [4.78, 5) is 14.8. The minimum Gasteiger partial charge on any atom is -0.497 e. The van der Waals surface area contributed by atoms with Gasteiger partial charge in [-0.1, -0.05) is 24.3 Å². The van der Waals surface area contributed by atoms with Gasteiger partial charge >= 0.3 is 0 Å². The molecule has 0 radical (unpaired) electrons. The highest BCUT2D eigenvalue weighted by Gasteiger charge is 2.26. The van der Waals surface area contributed by atoms with Gasteiger partial charge in [-0.05, 0) is 24.3 Å². The number of fused-ring (bicyclic) bond motifs is 3. The number of nitrogens with zero attached hydrogens (tertiary/aromatic N) is 2. The zero-order chi connectivity index (χ0) is 16.7. The largest absolute Gasteiger partial charge is 0.497 e. The number of hydrogen-bond donors (Lipinski definition) is 0. The first kappa shape index (κ1) is 14.8. The molecule has 0 aliphatic carbocycles. The Morgan fingerprint density at radius 2 is 1.96 bits per heavy atom. The number of carbonyl (C=O) groups excluding carboxylic acids is 1. The van der Waals surface area contributed by atoms with E-state index in [1.54, 1.807) is 13.2 Å². The maximum Gasteiger partial charge on any atom is 0.254 e. The number of methoxy groups -OCH3 is 1. The van der Waals surface area contributed by atoms with Gasteiger partial charge in [-0.15, -0.1) is 0 Å². The van der Waals surface area contributed by atoms with Gasteiger partial charge in [-0.2, -0.15) is 0 Å². The van der Waals surface area contributed by atoms with E-state index in [2.05, 4.69) is 35.9 Å². The molecule has 0 N–H and O–H groups in total. The molecule has 0 saturated heterocycles. The maximum atomic E-state index is 12.9. The molecule has 0 unspecified atom stereocenters. The highest BCUT2D eigenvalue weighted by Crippen LogP contribution is 2.30. The molecule has 4 heteroatoms. The van der Waals surface area contributed by atoms with Gasteiger partial charge in [0.25, 0.3) is 5.91 Å². The molecule has 1 aromatic heterocycles. The third kappa shape index (κ3) is 2.26. The van der Waals surface area contributed by atoms with Gasteiger partial charge in [0.2, 0.25) is 0 Å². The van der Waals surface area contributed by atoms with Crippen molar-refractivity contribution in [3.8, 4) is 5.75 Å². The van der Waals surface area contributed by atoms with Gasteiger partial charge < -0.3 is 14.2 Å². The van der Waals surface area contributed by atoms with Crippen molar-refractivity contribution in [1.82, 2.24) is 9.47 Å². The highest BCUT2D eigenvalue weighted by atomic mass is 16.5. The molecule has 4 rings (SSSR count). The van der Waals surface area contributed by atoms with Gasteiger partial charge in [-0.25, -0.2) is 0 Å². The molecule has 1 amide bonds. The summed E-state index contributed by atoms with van der Waals surface area (Å²) in [5.74, 6) is 0.774. The monoisotopic (exact) mass is 320 g/mol. The summed E-state index contributed by atoms with van der Waals surface area (Å²) in [6, 6.07) is 15.8. The SMILES string of the molecule is COc1cccc(C(=O)N2CCc3c(c4ccccc4n3C)C2)c1. The number of benzene rings is 2. The molecule has 0 atom stereocenters. The van der Waals surface area contributed by atoms with Crippen molar-refractivity contribution in [2.45, 2.75) is 13.0 Å². The number of amides is 1. The Hall–Kier alpha value is -2.75. The summed E-state index contributed by atoms with van der Waals surface area (Å²) in [7, 11) is 3.73. The molecule has 0 spiro atoms. The van der Waals surface area contributed by atoms with E-state index >= 15 is 0 Å². The van der Waals surface area contributed by atoms with Crippen LogP contribution in [0, 0.1) is 0 Å². The molecule has 2 heterocycles. The first-order chi connectivity index (χ1) is 11.7. The van der Waals surface area contributed by atoms with Crippen molar-refractivity contribution in [1.29, 1.82) is 0 Å². The zero-order valence-corrected chi connectivity index (χ0v) is 14.0. The Balaban J connectivity index is 1.69. The average molecular weight is 320 g/mol. The fraction of sp³-hybridized carbons (Fsp3) is 0.250. The predicted molar refractivity (Wildman–Crippen MR) is 94.4 cm³/mol.